The molecule has 0 bridgehead atoms. The molecule has 10 heavy (non-hydrogen) atoms. The first-order valence-corrected chi connectivity index (χ1v) is 3.05. The van der Waals surface area contributed by atoms with E-state index in [4.69, 9.17) is 5.11 Å². The monoisotopic (exact) mass is 142 g/mol. The fourth-order valence-electron chi connectivity index (χ4n) is 0.581. The molecule has 56 valence electrons. The second kappa shape index (κ2) is 3.85. The molecule has 0 aliphatic heterocycles. The third-order valence-corrected chi connectivity index (χ3v) is 0.994. The fourth-order valence-corrected chi connectivity index (χ4v) is 0.581. The molecule has 0 aromatic rings. The first kappa shape index (κ1) is 8.92. The van der Waals surface area contributed by atoms with Crippen molar-refractivity contribution in [1.29, 1.82) is 0 Å². The number of carbonyl (C=O) groups excluding carboxylic acids is 1. The lowest BCUT2D eigenvalue weighted by Gasteiger charge is -1.99. The molecule has 0 amide bonds. The van der Waals surface area contributed by atoms with Crippen LogP contribution in [0.2, 0.25) is 0 Å². The van der Waals surface area contributed by atoms with Gasteiger partial charge in [0.1, 0.15) is 11.5 Å². The molecule has 0 saturated heterocycles. The maximum absolute atomic E-state index is 10.2. The summed E-state index contributed by atoms with van der Waals surface area (Å²) in [6.07, 6.45) is 0.291. The van der Waals surface area contributed by atoms with Crippen molar-refractivity contribution in [1.82, 2.24) is 0 Å². The highest BCUT2D eigenvalue weighted by Gasteiger charge is 2.09. The van der Waals surface area contributed by atoms with E-state index in [0.717, 1.165) is 0 Å². The summed E-state index contributed by atoms with van der Waals surface area (Å²) < 4.78 is 0. The Labute approximate surface area is 59.4 Å². The topological polar surface area (TPSA) is 54.4 Å². The van der Waals surface area contributed by atoms with Crippen LogP contribution in [0.1, 0.15) is 20.3 Å². The van der Waals surface area contributed by atoms with Crippen LogP contribution in [0, 0.1) is 5.92 Å². The second-order valence-corrected chi connectivity index (χ2v) is 2.48. The van der Waals surface area contributed by atoms with Crippen LogP contribution >= 0.6 is 0 Å². The SMILES string of the molecule is CC(C)CC(=C=O)C(=O)O. The zero-order valence-corrected chi connectivity index (χ0v) is 6.05. The summed E-state index contributed by atoms with van der Waals surface area (Å²) >= 11 is 0. The Hall–Kier alpha value is -1.08. The standard InChI is InChI=1S/C7H10O3/c1-5(2)3-6(4-8)7(9)10/h5H,3H2,1-2H3,(H,9,10). The van der Waals surface area contributed by atoms with E-state index in [9.17, 15) is 9.59 Å². The highest BCUT2D eigenvalue weighted by molar-refractivity contribution is 5.95. The minimum atomic E-state index is -1.16. The largest absolute Gasteiger partial charge is 0.477 e. The molecule has 3 nitrogen and oxygen atoms in total. The van der Waals surface area contributed by atoms with Crippen LogP contribution in [-0.4, -0.2) is 17.0 Å². The Bertz CT molecular complexity index is 175. The lowest BCUT2D eigenvalue weighted by atomic mass is 10.1. The van der Waals surface area contributed by atoms with Crippen LogP contribution in [0.15, 0.2) is 5.57 Å². The minimum Gasteiger partial charge on any atom is -0.477 e. The van der Waals surface area contributed by atoms with Crippen molar-refractivity contribution in [3.63, 3.8) is 0 Å². The molecule has 0 spiro atoms. The summed E-state index contributed by atoms with van der Waals surface area (Å²) in [7, 11) is 0. The fraction of sp³-hybridized carbons (Fsp3) is 0.571. The van der Waals surface area contributed by atoms with E-state index >= 15 is 0 Å². The van der Waals surface area contributed by atoms with Gasteiger partial charge in [0.15, 0.2) is 0 Å². The van der Waals surface area contributed by atoms with E-state index in [1.807, 2.05) is 13.8 Å². The Morgan fingerprint density at radius 1 is 1.60 bits per heavy atom. The van der Waals surface area contributed by atoms with Gasteiger partial charge in [-0.1, -0.05) is 13.8 Å². The molecular formula is C7H10O3. The average Bonchev–Trinajstić information content (AvgIpc) is 1.81. The van der Waals surface area contributed by atoms with Gasteiger partial charge in [-0.2, -0.15) is 0 Å². The quantitative estimate of drug-likeness (QED) is 0.470. The molecule has 0 aromatic heterocycles. The van der Waals surface area contributed by atoms with E-state index in [1.54, 1.807) is 0 Å². The van der Waals surface area contributed by atoms with Gasteiger partial charge in [-0.25, -0.2) is 9.59 Å². The Morgan fingerprint density at radius 2 is 2.10 bits per heavy atom. The predicted molar refractivity (Wildman–Crippen MR) is 36.3 cm³/mol. The third kappa shape index (κ3) is 3.05. The third-order valence-electron chi connectivity index (χ3n) is 0.994. The smallest absolute Gasteiger partial charge is 0.342 e. The van der Waals surface area contributed by atoms with Crippen LogP contribution in [0.25, 0.3) is 0 Å². The predicted octanol–water partition coefficient (Wildman–Crippen LogP) is 0.875. The molecule has 1 N–H and O–H groups in total. The molecule has 0 unspecified atom stereocenters. The maximum Gasteiger partial charge on any atom is 0.342 e. The molecule has 0 radical (unpaired) electrons. The van der Waals surface area contributed by atoms with Gasteiger partial charge >= 0.3 is 5.97 Å². The average molecular weight is 142 g/mol. The number of carbonyl (C=O) groups is 1. The zero-order chi connectivity index (χ0) is 8.15. The van der Waals surface area contributed by atoms with Crippen LogP contribution in [0.5, 0.6) is 0 Å². The summed E-state index contributed by atoms with van der Waals surface area (Å²) in [5.74, 6) is 0.424. The summed E-state index contributed by atoms with van der Waals surface area (Å²) in [6, 6.07) is 0. The summed E-state index contributed by atoms with van der Waals surface area (Å²) in [5.41, 5.74) is -0.171. The number of hydrogen-bond donors (Lipinski definition) is 1. The van der Waals surface area contributed by atoms with Gasteiger partial charge in [0.05, 0.1) is 0 Å². The number of carboxylic acids is 1. The number of rotatable bonds is 3. The van der Waals surface area contributed by atoms with E-state index in [0.29, 0.717) is 6.42 Å². The molecule has 0 aliphatic carbocycles. The first-order valence-electron chi connectivity index (χ1n) is 3.05. The van der Waals surface area contributed by atoms with Crippen molar-refractivity contribution < 1.29 is 14.7 Å². The lowest BCUT2D eigenvalue weighted by molar-refractivity contribution is -0.132. The van der Waals surface area contributed by atoms with Crippen LogP contribution in [0.4, 0.5) is 0 Å². The van der Waals surface area contributed by atoms with Gasteiger partial charge in [-0.3, -0.25) is 0 Å². The van der Waals surface area contributed by atoms with Gasteiger partial charge < -0.3 is 5.11 Å². The van der Waals surface area contributed by atoms with E-state index in [1.165, 1.54) is 5.94 Å². The maximum atomic E-state index is 10.2. The Balaban J connectivity index is 4.13. The second-order valence-electron chi connectivity index (χ2n) is 2.48. The Morgan fingerprint density at radius 3 is 2.20 bits per heavy atom. The number of hydrogen-bond acceptors (Lipinski definition) is 2. The highest BCUT2D eigenvalue weighted by Crippen LogP contribution is 2.06. The zero-order valence-electron chi connectivity index (χ0n) is 6.05. The molecule has 0 atom stereocenters. The van der Waals surface area contributed by atoms with Crippen molar-refractivity contribution in [2.24, 2.45) is 5.92 Å². The van der Waals surface area contributed by atoms with E-state index < -0.39 is 5.97 Å². The molecule has 0 aliphatic rings. The number of aliphatic carboxylic acids is 1. The summed E-state index contributed by atoms with van der Waals surface area (Å²) in [5, 5.41) is 8.32. The molecular weight excluding hydrogens is 132 g/mol. The molecule has 0 saturated carbocycles. The van der Waals surface area contributed by atoms with Crippen LogP contribution < -0.4 is 0 Å². The summed E-state index contributed by atoms with van der Waals surface area (Å²) in [4.78, 5) is 20.1. The molecule has 0 rings (SSSR count). The van der Waals surface area contributed by atoms with Crippen LogP contribution in [0.3, 0.4) is 0 Å². The van der Waals surface area contributed by atoms with Crippen molar-refractivity contribution in [3.8, 4) is 0 Å². The Kier molecular flexibility index (Phi) is 3.44. The van der Waals surface area contributed by atoms with E-state index in [2.05, 4.69) is 0 Å². The van der Waals surface area contributed by atoms with Crippen molar-refractivity contribution in [2.75, 3.05) is 0 Å². The normalized spacial score (nSPS) is 9.10. The molecule has 0 heterocycles. The number of carboxylic acid groups (broad SMARTS) is 1. The van der Waals surface area contributed by atoms with Gasteiger partial charge in [-0.15, -0.1) is 0 Å². The van der Waals surface area contributed by atoms with Crippen molar-refractivity contribution >= 4 is 11.9 Å². The lowest BCUT2D eigenvalue weighted by Crippen LogP contribution is -2.04. The van der Waals surface area contributed by atoms with Gasteiger partial charge in [0.2, 0.25) is 0 Å². The minimum absolute atomic E-state index is 0.171. The first-order chi connectivity index (χ1) is 4.57. The van der Waals surface area contributed by atoms with Gasteiger partial charge in [-0.05, 0) is 12.3 Å². The summed E-state index contributed by atoms with van der Waals surface area (Å²) in [6.45, 7) is 3.70. The van der Waals surface area contributed by atoms with Crippen LogP contribution in [-0.2, 0) is 9.59 Å². The van der Waals surface area contributed by atoms with Crippen molar-refractivity contribution in [2.45, 2.75) is 20.3 Å². The highest BCUT2D eigenvalue weighted by atomic mass is 16.4. The molecule has 0 fully saturated rings. The van der Waals surface area contributed by atoms with Crippen molar-refractivity contribution in [3.05, 3.63) is 5.57 Å². The van der Waals surface area contributed by atoms with Gasteiger partial charge in [0.25, 0.3) is 0 Å². The molecule has 0 aromatic carbocycles. The van der Waals surface area contributed by atoms with E-state index in [-0.39, 0.29) is 11.5 Å². The molecule has 3 heteroatoms. The van der Waals surface area contributed by atoms with Gasteiger partial charge in [0, 0.05) is 0 Å².